The van der Waals surface area contributed by atoms with Crippen LogP contribution in [0.15, 0.2) is 24.1 Å². The summed E-state index contributed by atoms with van der Waals surface area (Å²) in [5, 5.41) is 0. The summed E-state index contributed by atoms with van der Waals surface area (Å²) in [6.07, 6.45) is 1.64. The van der Waals surface area contributed by atoms with E-state index in [0.29, 0.717) is 15.8 Å². The average molecular weight is 185 g/mol. The van der Waals surface area contributed by atoms with Crippen molar-refractivity contribution in [1.29, 1.82) is 0 Å². The van der Waals surface area contributed by atoms with Crippen LogP contribution in [0.3, 0.4) is 0 Å². The fourth-order valence-electron chi connectivity index (χ4n) is 0.724. The number of thioether (sulfide) groups is 1. The van der Waals surface area contributed by atoms with Crippen LogP contribution in [0.4, 0.5) is 0 Å². The molecule has 0 aliphatic carbocycles. The van der Waals surface area contributed by atoms with Crippen molar-refractivity contribution in [2.45, 2.75) is 0 Å². The van der Waals surface area contributed by atoms with Crippen molar-refractivity contribution in [3.8, 4) is 0 Å². The molecule has 0 atom stereocenters. The first-order chi connectivity index (χ1) is 5.16. The van der Waals surface area contributed by atoms with E-state index in [1.54, 1.807) is 6.08 Å². The molecule has 1 aliphatic rings. The normalized spacial score (nSPS) is 17.8. The van der Waals surface area contributed by atoms with E-state index in [9.17, 15) is 4.79 Å². The topological polar surface area (TPSA) is 20.3 Å². The highest BCUT2D eigenvalue weighted by Crippen LogP contribution is 2.28. The van der Waals surface area contributed by atoms with Gasteiger partial charge in [-0.05, 0) is 0 Å². The quantitative estimate of drug-likeness (QED) is 0.370. The Labute approximate surface area is 74.9 Å². The molecule has 0 saturated carbocycles. The Morgan fingerprint density at radius 1 is 1.73 bits per heavy atom. The van der Waals surface area contributed by atoms with E-state index in [4.69, 9.17) is 12.2 Å². The van der Waals surface area contributed by atoms with Crippen molar-refractivity contribution in [1.82, 2.24) is 4.90 Å². The van der Waals surface area contributed by atoms with Gasteiger partial charge in [0.2, 0.25) is 0 Å². The van der Waals surface area contributed by atoms with Crippen LogP contribution < -0.4 is 0 Å². The Kier molecular flexibility index (Phi) is 2.46. The summed E-state index contributed by atoms with van der Waals surface area (Å²) in [4.78, 5) is 13.2. The zero-order chi connectivity index (χ0) is 8.43. The summed E-state index contributed by atoms with van der Waals surface area (Å²) in [6.45, 7) is 7.57. The van der Waals surface area contributed by atoms with E-state index >= 15 is 0 Å². The summed E-state index contributed by atoms with van der Waals surface area (Å²) in [5.74, 6) is -0.0973. The van der Waals surface area contributed by atoms with E-state index in [0.717, 1.165) is 0 Å². The highest BCUT2D eigenvalue weighted by atomic mass is 32.2. The molecule has 1 heterocycles. The maximum absolute atomic E-state index is 11.2. The first-order valence-corrected chi connectivity index (χ1v) is 4.22. The third-order valence-corrected chi connectivity index (χ3v) is 2.51. The maximum Gasteiger partial charge on any atom is 0.265 e. The van der Waals surface area contributed by atoms with E-state index < -0.39 is 0 Å². The number of thiocarbonyl (C=S) groups is 1. The number of carbonyl (C=O) groups excluding carboxylic acids is 1. The minimum atomic E-state index is -0.0973. The number of nitrogens with zero attached hydrogens (tertiary/aromatic N) is 1. The number of hydrogen-bond acceptors (Lipinski definition) is 3. The summed E-state index contributed by atoms with van der Waals surface area (Å²) in [5.41, 5.74) is 0. The molecule has 2 nitrogen and oxygen atoms in total. The van der Waals surface area contributed by atoms with Crippen molar-refractivity contribution < 1.29 is 4.79 Å². The Morgan fingerprint density at radius 2 is 2.36 bits per heavy atom. The van der Waals surface area contributed by atoms with Crippen LogP contribution in [0, 0.1) is 0 Å². The smallest absolute Gasteiger partial charge is 0.265 e. The minimum Gasteiger partial charge on any atom is -0.289 e. The SMILES string of the molecule is C=CCN1C(=O)C(=C)SC1=S. The maximum atomic E-state index is 11.2. The van der Waals surface area contributed by atoms with Crippen molar-refractivity contribution in [3.63, 3.8) is 0 Å². The molecule has 1 amide bonds. The molecule has 0 N–H and O–H groups in total. The number of hydrogen-bond donors (Lipinski definition) is 0. The summed E-state index contributed by atoms with van der Waals surface area (Å²) in [6, 6.07) is 0. The van der Waals surface area contributed by atoms with Gasteiger partial charge in [0.05, 0.1) is 4.91 Å². The van der Waals surface area contributed by atoms with E-state index in [1.807, 2.05) is 0 Å². The molecule has 11 heavy (non-hydrogen) atoms. The van der Waals surface area contributed by atoms with Gasteiger partial charge in [-0.15, -0.1) is 6.58 Å². The molecule has 0 spiro atoms. The van der Waals surface area contributed by atoms with Gasteiger partial charge < -0.3 is 0 Å². The van der Waals surface area contributed by atoms with Crippen molar-refractivity contribution >= 4 is 34.2 Å². The van der Waals surface area contributed by atoms with E-state index in [2.05, 4.69) is 13.2 Å². The molecular formula is C7H7NOS2. The summed E-state index contributed by atoms with van der Waals surface area (Å²) in [7, 11) is 0. The number of rotatable bonds is 2. The van der Waals surface area contributed by atoms with Crippen LogP contribution in [0.2, 0.25) is 0 Å². The third kappa shape index (κ3) is 1.52. The van der Waals surface area contributed by atoms with Gasteiger partial charge in [-0.25, -0.2) is 0 Å². The molecular weight excluding hydrogens is 178 g/mol. The van der Waals surface area contributed by atoms with Crippen molar-refractivity contribution in [2.75, 3.05) is 6.54 Å². The van der Waals surface area contributed by atoms with E-state index in [-0.39, 0.29) is 5.91 Å². The molecule has 4 heteroatoms. The molecule has 1 fully saturated rings. The van der Waals surface area contributed by atoms with Gasteiger partial charge in [-0.2, -0.15) is 0 Å². The lowest BCUT2D eigenvalue weighted by Crippen LogP contribution is -2.27. The molecule has 0 unspecified atom stereocenters. The second-order valence-electron chi connectivity index (χ2n) is 2.00. The molecule has 0 radical (unpaired) electrons. The lowest BCUT2D eigenvalue weighted by Gasteiger charge is -2.09. The van der Waals surface area contributed by atoms with Crippen LogP contribution in [-0.2, 0) is 4.79 Å². The molecule has 1 saturated heterocycles. The highest BCUT2D eigenvalue weighted by Gasteiger charge is 2.29. The van der Waals surface area contributed by atoms with Crippen LogP contribution >= 0.6 is 24.0 Å². The standard InChI is InChI=1S/C7H7NOS2/c1-3-4-8-6(9)5(2)11-7(8)10/h3H,1-2,4H2. The predicted octanol–water partition coefficient (Wildman–Crippen LogP) is 1.55. The fourth-order valence-corrected chi connectivity index (χ4v) is 1.86. The van der Waals surface area contributed by atoms with Crippen LogP contribution in [0.5, 0.6) is 0 Å². The monoisotopic (exact) mass is 185 g/mol. The Bertz CT molecular complexity index is 247. The molecule has 1 aliphatic heterocycles. The molecule has 0 aromatic rings. The average Bonchev–Trinajstić information content (AvgIpc) is 2.17. The predicted molar refractivity (Wildman–Crippen MR) is 51.2 cm³/mol. The summed E-state index contributed by atoms with van der Waals surface area (Å²) >= 11 is 6.16. The van der Waals surface area contributed by atoms with Crippen LogP contribution in [0.1, 0.15) is 0 Å². The second-order valence-corrected chi connectivity index (χ2v) is 3.72. The number of carbonyl (C=O) groups is 1. The molecule has 58 valence electrons. The Hall–Kier alpha value is -0.610. The lowest BCUT2D eigenvalue weighted by atomic mass is 10.5. The minimum absolute atomic E-state index is 0.0973. The van der Waals surface area contributed by atoms with Gasteiger partial charge >= 0.3 is 0 Å². The third-order valence-electron chi connectivity index (χ3n) is 1.23. The molecule has 0 aromatic heterocycles. The number of amides is 1. The van der Waals surface area contributed by atoms with Gasteiger partial charge in [0, 0.05) is 6.54 Å². The van der Waals surface area contributed by atoms with E-state index in [1.165, 1.54) is 16.7 Å². The highest BCUT2D eigenvalue weighted by molar-refractivity contribution is 8.26. The van der Waals surface area contributed by atoms with Gasteiger partial charge in [0.25, 0.3) is 5.91 Å². The molecule has 1 rings (SSSR count). The largest absolute Gasteiger partial charge is 0.289 e. The lowest BCUT2D eigenvalue weighted by molar-refractivity contribution is -0.121. The van der Waals surface area contributed by atoms with Gasteiger partial charge in [0.15, 0.2) is 0 Å². The Balaban J connectivity index is 2.79. The summed E-state index contributed by atoms with van der Waals surface area (Å²) < 4.78 is 0.569. The zero-order valence-electron chi connectivity index (χ0n) is 5.87. The first-order valence-electron chi connectivity index (χ1n) is 3.00. The fraction of sp³-hybridized carbons (Fsp3) is 0.143. The first kappa shape index (κ1) is 8.49. The van der Waals surface area contributed by atoms with Crippen LogP contribution in [-0.4, -0.2) is 21.7 Å². The zero-order valence-corrected chi connectivity index (χ0v) is 7.50. The van der Waals surface area contributed by atoms with Gasteiger partial charge in [-0.3, -0.25) is 9.69 Å². The van der Waals surface area contributed by atoms with Gasteiger partial charge in [-0.1, -0.05) is 36.6 Å². The molecule has 0 aromatic carbocycles. The Morgan fingerprint density at radius 3 is 2.73 bits per heavy atom. The second kappa shape index (κ2) is 3.19. The van der Waals surface area contributed by atoms with Crippen molar-refractivity contribution in [2.24, 2.45) is 0 Å². The molecule has 0 bridgehead atoms. The van der Waals surface area contributed by atoms with Gasteiger partial charge in [0.1, 0.15) is 4.32 Å². The van der Waals surface area contributed by atoms with Crippen molar-refractivity contribution in [3.05, 3.63) is 24.1 Å². The van der Waals surface area contributed by atoms with Crippen LogP contribution in [0.25, 0.3) is 0 Å².